The maximum Gasteiger partial charge on any atom is 0.241 e. The van der Waals surface area contributed by atoms with Gasteiger partial charge >= 0.3 is 0 Å². The molecule has 3 saturated heterocycles. The summed E-state index contributed by atoms with van der Waals surface area (Å²) in [4.78, 5) is 28.5. The monoisotopic (exact) mass is 406 g/mol. The Morgan fingerprint density at radius 2 is 1.69 bits per heavy atom. The van der Waals surface area contributed by atoms with Gasteiger partial charge in [-0.1, -0.05) is 38.1 Å². The molecule has 6 heteroatoms. The number of amides is 2. The van der Waals surface area contributed by atoms with Gasteiger partial charge in [0.25, 0.3) is 0 Å². The van der Waals surface area contributed by atoms with E-state index in [0.29, 0.717) is 16.5 Å². The van der Waals surface area contributed by atoms with Gasteiger partial charge in [-0.05, 0) is 36.8 Å². The number of rotatable bonds is 3. The molecule has 29 heavy (non-hydrogen) atoms. The van der Waals surface area contributed by atoms with E-state index >= 15 is 0 Å². The standard InChI is InChI=1S/C23H22N2O3S/c1-11(2)13-4-6-14(7-5-13)18-12(3)29-23(15(18)10-24)25-21(26)19-16-8-9-17(28-16)20(19)22(25)27/h4-7,11,16-17,19-20H,8-9H2,1-3H3/t16-,17-,19+,20+/m1/s1. The Labute approximate surface area is 173 Å². The Hall–Kier alpha value is -2.49. The molecule has 148 valence electrons. The second-order valence-electron chi connectivity index (χ2n) is 8.46. The van der Waals surface area contributed by atoms with Crippen LogP contribution in [0.2, 0.25) is 0 Å². The summed E-state index contributed by atoms with van der Waals surface area (Å²) in [6.07, 6.45) is 1.36. The highest BCUT2D eigenvalue weighted by Crippen LogP contribution is 2.52. The normalized spacial score (nSPS) is 27.8. The number of fused-ring (bicyclic) bond motifs is 5. The van der Waals surface area contributed by atoms with Gasteiger partial charge in [0, 0.05) is 10.4 Å². The minimum Gasteiger partial charge on any atom is -0.373 e. The summed E-state index contributed by atoms with van der Waals surface area (Å²) in [6.45, 7) is 6.23. The number of carbonyl (C=O) groups excluding carboxylic acids is 2. The quantitative estimate of drug-likeness (QED) is 0.709. The van der Waals surface area contributed by atoms with E-state index in [1.165, 1.54) is 21.8 Å². The Kier molecular flexibility index (Phi) is 4.16. The third-order valence-corrected chi connectivity index (χ3v) is 7.62. The molecular weight excluding hydrogens is 384 g/mol. The van der Waals surface area contributed by atoms with Crippen molar-refractivity contribution in [2.45, 2.75) is 51.7 Å². The maximum atomic E-state index is 13.2. The van der Waals surface area contributed by atoms with E-state index in [1.807, 2.05) is 19.1 Å². The Bertz CT molecular complexity index is 1040. The van der Waals surface area contributed by atoms with E-state index in [-0.39, 0.29) is 35.9 Å². The number of nitrogens with zero attached hydrogens (tertiary/aromatic N) is 2. The van der Waals surface area contributed by atoms with Gasteiger partial charge in [0.15, 0.2) is 0 Å². The minimum atomic E-state index is -0.385. The van der Waals surface area contributed by atoms with Crippen LogP contribution in [0.15, 0.2) is 24.3 Å². The Balaban J connectivity index is 1.57. The average molecular weight is 407 g/mol. The molecule has 4 heterocycles. The number of ether oxygens (including phenoxy) is 1. The van der Waals surface area contributed by atoms with Crippen LogP contribution >= 0.6 is 11.3 Å². The second-order valence-corrected chi connectivity index (χ2v) is 9.66. The minimum absolute atomic E-state index is 0.152. The third-order valence-electron chi connectivity index (χ3n) is 6.53. The molecule has 3 aliphatic rings. The van der Waals surface area contributed by atoms with Crippen LogP contribution in [-0.2, 0) is 14.3 Å². The molecule has 0 aliphatic carbocycles. The zero-order valence-electron chi connectivity index (χ0n) is 16.6. The van der Waals surface area contributed by atoms with E-state index in [4.69, 9.17) is 4.74 Å². The largest absolute Gasteiger partial charge is 0.373 e. The fraction of sp³-hybridized carbons (Fsp3) is 0.435. The van der Waals surface area contributed by atoms with E-state index in [2.05, 4.69) is 32.0 Å². The van der Waals surface area contributed by atoms with Crippen molar-refractivity contribution in [3.63, 3.8) is 0 Å². The molecule has 5 rings (SSSR count). The van der Waals surface area contributed by atoms with Crippen molar-refractivity contribution in [3.8, 4) is 17.2 Å². The number of benzene rings is 1. The number of anilines is 1. The molecule has 2 amide bonds. The van der Waals surface area contributed by atoms with Crippen LogP contribution in [0.3, 0.4) is 0 Å². The summed E-state index contributed by atoms with van der Waals surface area (Å²) in [5.41, 5.74) is 3.40. The summed E-state index contributed by atoms with van der Waals surface area (Å²) in [5, 5.41) is 10.4. The van der Waals surface area contributed by atoms with E-state index in [9.17, 15) is 14.9 Å². The first kappa shape index (κ1) is 18.5. The van der Waals surface area contributed by atoms with Crippen LogP contribution in [0.5, 0.6) is 0 Å². The van der Waals surface area contributed by atoms with Crippen molar-refractivity contribution in [2.75, 3.05) is 4.90 Å². The predicted molar refractivity (Wildman–Crippen MR) is 111 cm³/mol. The smallest absolute Gasteiger partial charge is 0.241 e. The summed E-state index contributed by atoms with van der Waals surface area (Å²) in [6, 6.07) is 10.5. The lowest BCUT2D eigenvalue weighted by Crippen LogP contribution is -2.34. The molecule has 3 fully saturated rings. The highest BCUT2D eigenvalue weighted by molar-refractivity contribution is 7.17. The molecule has 0 spiro atoms. The van der Waals surface area contributed by atoms with Gasteiger partial charge in [0.2, 0.25) is 11.8 Å². The van der Waals surface area contributed by atoms with Gasteiger partial charge in [-0.2, -0.15) is 5.26 Å². The summed E-state index contributed by atoms with van der Waals surface area (Å²) in [7, 11) is 0. The second kappa shape index (κ2) is 6.51. The topological polar surface area (TPSA) is 70.4 Å². The fourth-order valence-electron chi connectivity index (χ4n) is 5.09. The Morgan fingerprint density at radius 3 is 2.21 bits per heavy atom. The van der Waals surface area contributed by atoms with E-state index in [0.717, 1.165) is 28.8 Å². The van der Waals surface area contributed by atoms with Crippen molar-refractivity contribution in [1.82, 2.24) is 0 Å². The average Bonchev–Trinajstić information content (AvgIpc) is 3.44. The molecule has 1 aromatic carbocycles. The zero-order chi connectivity index (χ0) is 20.4. The molecule has 5 nitrogen and oxygen atoms in total. The molecule has 2 bridgehead atoms. The molecule has 3 aliphatic heterocycles. The fourth-order valence-corrected chi connectivity index (χ4v) is 6.22. The van der Waals surface area contributed by atoms with E-state index in [1.54, 1.807) is 0 Å². The Morgan fingerprint density at radius 1 is 1.10 bits per heavy atom. The first-order chi connectivity index (χ1) is 13.9. The van der Waals surface area contributed by atoms with Crippen LogP contribution in [-0.4, -0.2) is 24.0 Å². The molecule has 0 radical (unpaired) electrons. The van der Waals surface area contributed by atoms with Crippen LogP contribution in [0.25, 0.3) is 11.1 Å². The zero-order valence-corrected chi connectivity index (χ0v) is 17.5. The summed E-state index contributed by atoms with van der Waals surface area (Å²) >= 11 is 1.36. The van der Waals surface area contributed by atoms with Gasteiger partial charge in [-0.3, -0.25) is 9.59 Å². The van der Waals surface area contributed by atoms with Gasteiger partial charge in [-0.15, -0.1) is 11.3 Å². The van der Waals surface area contributed by atoms with Crippen LogP contribution < -0.4 is 4.90 Å². The SMILES string of the molecule is Cc1sc(N2C(=O)[C@@H]3[C@@H](C2=O)[C@H]2CC[C@H]3O2)c(C#N)c1-c1ccc(C(C)C)cc1. The van der Waals surface area contributed by atoms with Crippen LogP contribution in [0.1, 0.15) is 48.6 Å². The molecule has 0 unspecified atom stereocenters. The van der Waals surface area contributed by atoms with Crippen molar-refractivity contribution < 1.29 is 14.3 Å². The maximum absolute atomic E-state index is 13.2. The lowest BCUT2D eigenvalue weighted by Gasteiger charge is -2.16. The first-order valence-electron chi connectivity index (χ1n) is 10.1. The van der Waals surface area contributed by atoms with Crippen LogP contribution in [0.4, 0.5) is 5.00 Å². The van der Waals surface area contributed by atoms with Crippen molar-refractivity contribution in [2.24, 2.45) is 11.8 Å². The van der Waals surface area contributed by atoms with Crippen molar-refractivity contribution in [3.05, 3.63) is 40.3 Å². The molecule has 1 aromatic heterocycles. The van der Waals surface area contributed by atoms with Gasteiger partial charge in [-0.25, -0.2) is 4.90 Å². The highest BCUT2D eigenvalue weighted by atomic mass is 32.1. The number of nitriles is 1. The van der Waals surface area contributed by atoms with Gasteiger partial charge < -0.3 is 4.74 Å². The lowest BCUT2D eigenvalue weighted by atomic mass is 9.81. The van der Waals surface area contributed by atoms with Crippen LogP contribution in [0, 0.1) is 30.1 Å². The number of thiophene rings is 1. The molecule has 4 atom stereocenters. The molecular formula is C23H22N2O3S. The molecule has 0 N–H and O–H groups in total. The molecule has 2 aromatic rings. The number of imide groups is 1. The lowest BCUT2D eigenvalue weighted by molar-refractivity contribution is -0.124. The third kappa shape index (κ3) is 2.54. The number of aryl methyl sites for hydroxylation is 1. The number of hydrogen-bond acceptors (Lipinski definition) is 5. The molecule has 0 saturated carbocycles. The number of hydrogen-bond donors (Lipinski definition) is 0. The summed E-state index contributed by atoms with van der Waals surface area (Å²) in [5.74, 6) is -0.748. The van der Waals surface area contributed by atoms with Gasteiger partial charge in [0.1, 0.15) is 11.1 Å². The van der Waals surface area contributed by atoms with E-state index < -0.39 is 0 Å². The van der Waals surface area contributed by atoms with Gasteiger partial charge in [0.05, 0.1) is 29.6 Å². The number of carbonyl (C=O) groups is 2. The van der Waals surface area contributed by atoms with Crippen molar-refractivity contribution >= 4 is 28.2 Å². The first-order valence-corrected chi connectivity index (χ1v) is 10.9. The van der Waals surface area contributed by atoms with Crippen molar-refractivity contribution in [1.29, 1.82) is 5.26 Å². The highest BCUT2D eigenvalue weighted by Gasteiger charge is 2.63. The summed E-state index contributed by atoms with van der Waals surface area (Å²) < 4.78 is 5.82. The predicted octanol–water partition coefficient (Wildman–Crippen LogP) is 4.39.